The number of rotatable bonds is 4. The maximum atomic E-state index is 13.2. The van der Waals surface area contributed by atoms with Gasteiger partial charge >= 0.3 is 0 Å². The molecule has 0 saturated carbocycles. The highest BCUT2D eigenvalue weighted by Gasteiger charge is 2.10. The number of thiazole rings is 1. The van der Waals surface area contributed by atoms with Gasteiger partial charge in [-0.25, -0.2) is 9.37 Å². The number of aromatic nitrogens is 2. The number of anilines is 1. The van der Waals surface area contributed by atoms with E-state index in [0.29, 0.717) is 22.0 Å². The number of nitrogens with one attached hydrogen (secondary N) is 1. The zero-order chi connectivity index (χ0) is 15.4. The van der Waals surface area contributed by atoms with E-state index in [0.717, 1.165) is 0 Å². The van der Waals surface area contributed by atoms with Crippen LogP contribution in [0.15, 0.2) is 54.2 Å². The van der Waals surface area contributed by atoms with Gasteiger partial charge in [-0.1, -0.05) is 12.1 Å². The lowest BCUT2D eigenvalue weighted by molar-refractivity contribution is -0.115. The van der Waals surface area contributed by atoms with Gasteiger partial charge in [-0.15, -0.1) is 11.3 Å². The number of halogens is 1. The second kappa shape index (κ2) is 6.44. The molecule has 0 aliphatic heterocycles. The van der Waals surface area contributed by atoms with Crippen molar-refractivity contribution in [1.29, 1.82) is 0 Å². The van der Waals surface area contributed by atoms with Crippen molar-refractivity contribution in [2.45, 2.75) is 6.42 Å². The topological polar surface area (TPSA) is 54.9 Å². The third kappa shape index (κ3) is 3.53. The molecular weight excluding hydrogens is 301 g/mol. The van der Waals surface area contributed by atoms with Crippen LogP contribution in [0.25, 0.3) is 10.6 Å². The van der Waals surface area contributed by atoms with Crippen molar-refractivity contribution in [1.82, 2.24) is 9.97 Å². The van der Waals surface area contributed by atoms with Crippen LogP contribution < -0.4 is 5.32 Å². The Morgan fingerprint density at radius 3 is 2.95 bits per heavy atom. The molecule has 1 N–H and O–H groups in total. The first-order valence-electron chi connectivity index (χ1n) is 6.61. The standard InChI is InChI=1S/C16H12FN3OS/c17-12-4-1-3-11(7-12)16-20-14(10-22-16)8-15(21)19-13-5-2-6-18-9-13/h1-7,9-10H,8H2,(H,19,21). The van der Waals surface area contributed by atoms with E-state index in [1.165, 1.54) is 23.5 Å². The van der Waals surface area contributed by atoms with Gasteiger partial charge in [0.25, 0.3) is 0 Å². The van der Waals surface area contributed by atoms with E-state index in [-0.39, 0.29) is 18.1 Å². The van der Waals surface area contributed by atoms with Crippen LogP contribution in [0.4, 0.5) is 10.1 Å². The maximum Gasteiger partial charge on any atom is 0.230 e. The molecule has 0 spiro atoms. The van der Waals surface area contributed by atoms with E-state index >= 15 is 0 Å². The Balaban J connectivity index is 1.68. The SMILES string of the molecule is O=C(Cc1csc(-c2cccc(F)c2)n1)Nc1cccnc1. The van der Waals surface area contributed by atoms with Crippen LogP contribution in [0.1, 0.15) is 5.69 Å². The summed E-state index contributed by atoms with van der Waals surface area (Å²) in [5.41, 5.74) is 2.02. The van der Waals surface area contributed by atoms with E-state index in [9.17, 15) is 9.18 Å². The Kier molecular flexibility index (Phi) is 4.20. The number of amides is 1. The number of pyridine rings is 1. The minimum Gasteiger partial charge on any atom is -0.324 e. The molecule has 2 aromatic heterocycles. The van der Waals surface area contributed by atoms with Crippen molar-refractivity contribution in [2.24, 2.45) is 0 Å². The molecule has 0 fully saturated rings. The molecule has 22 heavy (non-hydrogen) atoms. The first-order valence-corrected chi connectivity index (χ1v) is 7.49. The molecule has 2 heterocycles. The predicted octanol–water partition coefficient (Wildman–Crippen LogP) is 3.53. The molecule has 0 saturated heterocycles. The third-order valence-corrected chi connectivity index (χ3v) is 3.85. The molecule has 3 aromatic rings. The lowest BCUT2D eigenvalue weighted by Crippen LogP contribution is -2.14. The molecule has 4 nitrogen and oxygen atoms in total. The predicted molar refractivity (Wildman–Crippen MR) is 84.1 cm³/mol. The lowest BCUT2D eigenvalue weighted by atomic mass is 10.2. The second-order valence-electron chi connectivity index (χ2n) is 4.62. The molecule has 0 aliphatic rings. The Morgan fingerprint density at radius 1 is 1.27 bits per heavy atom. The quantitative estimate of drug-likeness (QED) is 0.801. The van der Waals surface area contributed by atoms with Crippen molar-refractivity contribution in [3.63, 3.8) is 0 Å². The Bertz CT molecular complexity index is 789. The van der Waals surface area contributed by atoms with E-state index in [4.69, 9.17) is 0 Å². The number of benzene rings is 1. The van der Waals surface area contributed by atoms with Gasteiger partial charge < -0.3 is 5.32 Å². The summed E-state index contributed by atoms with van der Waals surface area (Å²) in [7, 11) is 0. The van der Waals surface area contributed by atoms with Gasteiger partial charge in [-0.3, -0.25) is 9.78 Å². The van der Waals surface area contributed by atoms with Crippen molar-refractivity contribution >= 4 is 22.9 Å². The van der Waals surface area contributed by atoms with E-state index in [1.807, 2.05) is 5.38 Å². The fraction of sp³-hybridized carbons (Fsp3) is 0.0625. The van der Waals surface area contributed by atoms with Crippen molar-refractivity contribution < 1.29 is 9.18 Å². The molecule has 0 unspecified atom stereocenters. The summed E-state index contributed by atoms with van der Waals surface area (Å²) in [5, 5.41) is 5.26. The van der Waals surface area contributed by atoms with Gasteiger partial charge in [0.05, 0.1) is 24.0 Å². The van der Waals surface area contributed by atoms with Crippen molar-refractivity contribution in [2.75, 3.05) is 5.32 Å². The summed E-state index contributed by atoms with van der Waals surface area (Å²) >= 11 is 1.39. The highest BCUT2D eigenvalue weighted by Crippen LogP contribution is 2.24. The van der Waals surface area contributed by atoms with Crippen LogP contribution in [-0.4, -0.2) is 15.9 Å². The maximum absolute atomic E-state index is 13.2. The minimum atomic E-state index is -0.302. The second-order valence-corrected chi connectivity index (χ2v) is 5.48. The fourth-order valence-electron chi connectivity index (χ4n) is 1.95. The molecule has 3 rings (SSSR count). The summed E-state index contributed by atoms with van der Waals surface area (Å²) < 4.78 is 13.2. The van der Waals surface area contributed by atoms with E-state index in [2.05, 4.69) is 15.3 Å². The summed E-state index contributed by atoms with van der Waals surface area (Å²) in [6.07, 6.45) is 3.39. The molecule has 0 bridgehead atoms. The third-order valence-electron chi connectivity index (χ3n) is 2.91. The lowest BCUT2D eigenvalue weighted by Gasteiger charge is -2.02. The first-order chi connectivity index (χ1) is 10.7. The molecule has 0 radical (unpaired) electrons. The summed E-state index contributed by atoms with van der Waals surface area (Å²) in [4.78, 5) is 20.3. The minimum absolute atomic E-state index is 0.163. The normalized spacial score (nSPS) is 10.4. The van der Waals surface area contributed by atoms with Crippen LogP contribution >= 0.6 is 11.3 Å². The molecule has 0 aliphatic carbocycles. The average molecular weight is 313 g/mol. The van der Waals surface area contributed by atoms with Crippen molar-refractivity contribution in [3.05, 3.63) is 65.7 Å². The van der Waals surface area contributed by atoms with E-state index in [1.54, 1.807) is 36.7 Å². The van der Waals surface area contributed by atoms with Gasteiger partial charge in [0, 0.05) is 17.1 Å². The fourth-order valence-corrected chi connectivity index (χ4v) is 2.77. The Hall–Kier alpha value is -2.60. The average Bonchev–Trinajstić information content (AvgIpc) is 2.96. The molecule has 0 atom stereocenters. The van der Waals surface area contributed by atoms with Gasteiger partial charge in [0.15, 0.2) is 0 Å². The molecule has 1 aromatic carbocycles. The first kappa shape index (κ1) is 14.3. The Labute approximate surface area is 130 Å². The number of carbonyl (C=O) groups excluding carboxylic acids is 1. The summed E-state index contributed by atoms with van der Waals surface area (Å²) in [6.45, 7) is 0. The molecule has 1 amide bonds. The zero-order valence-electron chi connectivity index (χ0n) is 11.5. The summed E-state index contributed by atoms with van der Waals surface area (Å²) in [5.74, 6) is -0.465. The number of carbonyl (C=O) groups is 1. The van der Waals surface area contributed by atoms with E-state index < -0.39 is 0 Å². The smallest absolute Gasteiger partial charge is 0.230 e. The van der Waals surface area contributed by atoms with Gasteiger partial charge in [-0.05, 0) is 24.3 Å². The number of hydrogen-bond donors (Lipinski definition) is 1. The van der Waals surface area contributed by atoms with Crippen LogP contribution in [0.3, 0.4) is 0 Å². The monoisotopic (exact) mass is 313 g/mol. The Morgan fingerprint density at radius 2 is 2.18 bits per heavy atom. The van der Waals surface area contributed by atoms with Crippen LogP contribution in [0, 0.1) is 5.82 Å². The van der Waals surface area contributed by atoms with Crippen LogP contribution in [0.2, 0.25) is 0 Å². The highest BCUT2D eigenvalue weighted by atomic mass is 32.1. The van der Waals surface area contributed by atoms with Crippen molar-refractivity contribution in [3.8, 4) is 10.6 Å². The number of nitrogens with zero attached hydrogens (tertiary/aromatic N) is 2. The van der Waals surface area contributed by atoms with Gasteiger partial charge in [0.1, 0.15) is 10.8 Å². The zero-order valence-corrected chi connectivity index (χ0v) is 12.3. The molecule has 110 valence electrons. The number of hydrogen-bond acceptors (Lipinski definition) is 4. The molecular formula is C16H12FN3OS. The van der Waals surface area contributed by atoms with Gasteiger partial charge in [0.2, 0.25) is 5.91 Å². The molecule has 6 heteroatoms. The highest BCUT2D eigenvalue weighted by molar-refractivity contribution is 7.13. The van der Waals surface area contributed by atoms with Crippen LogP contribution in [0.5, 0.6) is 0 Å². The van der Waals surface area contributed by atoms with Gasteiger partial charge in [-0.2, -0.15) is 0 Å². The summed E-state index contributed by atoms with van der Waals surface area (Å²) in [6, 6.07) is 9.77. The largest absolute Gasteiger partial charge is 0.324 e. The van der Waals surface area contributed by atoms with Crippen LogP contribution in [-0.2, 0) is 11.2 Å².